The summed E-state index contributed by atoms with van der Waals surface area (Å²) < 4.78 is 5.31. The summed E-state index contributed by atoms with van der Waals surface area (Å²) in [5.74, 6) is 0.0884. The summed E-state index contributed by atoms with van der Waals surface area (Å²) in [6.45, 7) is 7.50. The van der Waals surface area contributed by atoms with Crippen molar-refractivity contribution in [2.45, 2.75) is 32.7 Å². The smallest absolute Gasteiger partial charge is 0.227 e. The lowest BCUT2D eigenvalue weighted by Gasteiger charge is -2.34. The number of nitrogens with one attached hydrogen (secondary N) is 1. The van der Waals surface area contributed by atoms with Gasteiger partial charge in [0.15, 0.2) is 0 Å². The van der Waals surface area contributed by atoms with E-state index in [1.54, 1.807) is 0 Å². The number of hydrogen-bond acceptors (Lipinski definition) is 4. The Morgan fingerprint density at radius 1 is 1.44 bits per heavy atom. The Balaban J connectivity index is 2.38. The van der Waals surface area contributed by atoms with Gasteiger partial charge in [-0.15, -0.1) is 0 Å². The molecule has 0 aromatic rings. The van der Waals surface area contributed by atoms with Crippen LogP contribution in [0.25, 0.3) is 0 Å². The van der Waals surface area contributed by atoms with Gasteiger partial charge in [0.25, 0.3) is 0 Å². The van der Waals surface area contributed by atoms with Crippen LogP contribution in [0.5, 0.6) is 0 Å². The van der Waals surface area contributed by atoms with Crippen LogP contribution < -0.4 is 11.1 Å². The van der Waals surface area contributed by atoms with E-state index in [1.165, 1.54) is 0 Å². The fraction of sp³-hybridized carbons (Fsp3) is 0.923. The van der Waals surface area contributed by atoms with E-state index in [2.05, 4.69) is 31.1 Å². The number of likely N-dealkylation sites (N-methyl/N-ethyl adjacent to an activating group) is 1. The molecule has 1 rings (SSSR count). The molecule has 18 heavy (non-hydrogen) atoms. The van der Waals surface area contributed by atoms with Crippen LogP contribution in [0, 0.1) is 5.41 Å². The van der Waals surface area contributed by atoms with Gasteiger partial charge in [0.05, 0.1) is 5.41 Å². The van der Waals surface area contributed by atoms with Crippen LogP contribution in [0.3, 0.4) is 0 Å². The van der Waals surface area contributed by atoms with Gasteiger partial charge in [-0.3, -0.25) is 4.79 Å². The van der Waals surface area contributed by atoms with E-state index in [-0.39, 0.29) is 5.91 Å². The third-order valence-corrected chi connectivity index (χ3v) is 3.95. The molecule has 0 aromatic heterocycles. The van der Waals surface area contributed by atoms with Crippen molar-refractivity contribution in [3.8, 4) is 0 Å². The molecule has 0 atom stereocenters. The van der Waals surface area contributed by atoms with Gasteiger partial charge in [-0.2, -0.15) is 0 Å². The molecule has 1 aliphatic rings. The minimum absolute atomic E-state index is 0.0884. The fourth-order valence-corrected chi connectivity index (χ4v) is 2.08. The van der Waals surface area contributed by atoms with Gasteiger partial charge in [0.2, 0.25) is 5.91 Å². The minimum atomic E-state index is -0.408. The van der Waals surface area contributed by atoms with Gasteiger partial charge < -0.3 is 20.7 Å². The molecule has 5 heteroatoms. The Morgan fingerprint density at radius 3 is 2.56 bits per heavy atom. The Morgan fingerprint density at radius 2 is 2.06 bits per heavy atom. The summed E-state index contributed by atoms with van der Waals surface area (Å²) in [6.07, 6.45) is 1.46. The minimum Gasteiger partial charge on any atom is -0.381 e. The Hall–Kier alpha value is -0.650. The third kappa shape index (κ3) is 3.93. The molecular weight excluding hydrogens is 230 g/mol. The van der Waals surface area contributed by atoms with E-state index in [4.69, 9.17) is 10.5 Å². The van der Waals surface area contributed by atoms with Gasteiger partial charge in [0.1, 0.15) is 0 Å². The van der Waals surface area contributed by atoms with Crippen LogP contribution in [-0.4, -0.2) is 56.7 Å². The first-order valence-electron chi connectivity index (χ1n) is 6.78. The lowest BCUT2D eigenvalue weighted by atomic mass is 9.79. The summed E-state index contributed by atoms with van der Waals surface area (Å²) in [5.41, 5.74) is 5.38. The van der Waals surface area contributed by atoms with Crippen molar-refractivity contribution in [3.63, 3.8) is 0 Å². The highest BCUT2D eigenvalue weighted by molar-refractivity contribution is 5.83. The zero-order valence-corrected chi connectivity index (χ0v) is 11.9. The van der Waals surface area contributed by atoms with Crippen molar-refractivity contribution in [2.24, 2.45) is 11.1 Å². The number of carbonyl (C=O) groups excluding carboxylic acids is 1. The number of carbonyl (C=O) groups is 1. The standard InChI is InChI=1S/C13H27N3O2/c1-11(2)16(3)7-6-15-12(17)13(10-14)4-8-18-9-5-13/h11H,4-10,14H2,1-3H3,(H,15,17). The highest BCUT2D eigenvalue weighted by atomic mass is 16.5. The summed E-state index contributed by atoms with van der Waals surface area (Å²) in [6, 6.07) is 0.494. The van der Waals surface area contributed by atoms with Crippen LogP contribution >= 0.6 is 0 Å². The first kappa shape index (κ1) is 15.4. The molecule has 3 N–H and O–H groups in total. The predicted molar refractivity (Wildman–Crippen MR) is 72.3 cm³/mol. The van der Waals surface area contributed by atoms with E-state index in [0.29, 0.717) is 32.3 Å². The fourth-order valence-electron chi connectivity index (χ4n) is 2.08. The number of nitrogens with two attached hydrogens (primary N) is 1. The maximum atomic E-state index is 12.2. The summed E-state index contributed by atoms with van der Waals surface area (Å²) >= 11 is 0. The molecule has 1 fully saturated rings. The van der Waals surface area contributed by atoms with Gasteiger partial charge in [-0.25, -0.2) is 0 Å². The lowest BCUT2D eigenvalue weighted by Crippen LogP contribution is -2.50. The molecule has 0 spiro atoms. The summed E-state index contributed by atoms with van der Waals surface area (Å²) in [7, 11) is 2.06. The topological polar surface area (TPSA) is 67.6 Å². The van der Waals surface area contributed by atoms with Crippen molar-refractivity contribution in [1.82, 2.24) is 10.2 Å². The Labute approximate surface area is 110 Å². The van der Waals surface area contributed by atoms with Crippen LogP contribution in [0.2, 0.25) is 0 Å². The quantitative estimate of drug-likeness (QED) is 0.713. The maximum absolute atomic E-state index is 12.2. The normalized spacial score (nSPS) is 19.2. The maximum Gasteiger partial charge on any atom is 0.227 e. The van der Waals surface area contributed by atoms with Gasteiger partial charge in [-0.05, 0) is 33.7 Å². The van der Waals surface area contributed by atoms with Crippen molar-refractivity contribution in [2.75, 3.05) is 39.9 Å². The summed E-state index contributed by atoms with van der Waals surface area (Å²) in [4.78, 5) is 14.4. The monoisotopic (exact) mass is 257 g/mol. The molecule has 0 aromatic carbocycles. The lowest BCUT2D eigenvalue weighted by molar-refractivity contribution is -0.135. The Kier molecular flexibility index (Phi) is 6.05. The molecule has 0 radical (unpaired) electrons. The number of amides is 1. The molecule has 0 saturated carbocycles. The van der Waals surface area contributed by atoms with E-state index in [9.17, 15) is 4.79 Å². The molecule has 0 bridgehead atoms. The molecular formula is C13H27N3O2. The molecule has 0 aliphatic carbocycles. The molecule has 1 amide bonds. The average Bonchev–Trinajstić information content (AvgIpc) is 2.39. The SMILES string of the molecule is CC(C)N(C)CCNC(=O)C1(CN)CCOCC1. The Bertz CT molecular complexity index is 263. The molecule has 1 aliphatic heterocycles. The molecule has 1 saturated heterocycles. The second kappa shape index (κ2) is 7.07. The highest BCUT2D eigenvalue weighted by Gasteiger charge is 2.38. The van der Waals surface area contributed by atoms with Crippen molar-refractivity contribution >= 4 is 5.91 Å². The summed E-state index contributed by atoms with van der Waals surface area (Å²) in [5, 5.41) is 3.01. The number of rotatable bonds is 6. The second-order valence-electron chi connectivity index (χ2n) is 5.43. The van der Waals surface area contributed by atoms with Crippen LogP contribution in [0.1, 0.15) is 26.7 Å². The van der Waals surface area contributed by atoms with Gasteiger partial charge in [0, 0.05) is 38.9 Å². The number of hydrogen-bond donors (Lipinski definition) is 2. The van der Waals surface area contributed by atoms with E-state index >= 15 is 0 Å². The number of nitrogens with zero attached hydrogens (tertiary/aromatic N) is 1. The molecule has 0 unspecified atom stereocenters. The van der Waals surface area contributed by atoms with E-state index in [0.717, 1.165) is 19.4 Å². The first-order chi connectivity index (χ1) is 8.52. The third-order valence-electron chi connectivity index (χ3n) is 3.95. The first-order valence-corrected chi connectivity index (χ1v) is 6.78. The molecule has 106 valence electrons. The van der Waals surface area contributed by atoms with Gasteiger partial charge in [-0.1, -0.05) is 0 Å². The van der Waals surface area contributed by atoms with Crippen molar-refractivity contribution in [3.05, 3.63) is 0 Å². The zero-order valence-electron chi connectivity index (χ0n) is 11.9. The average molecular weight is 257 g/mol. The van der Waals surface area contributed by atoms with E-state index < -0.39 is 5.41 Å². The van der Waals surface area contributed by atoms with Crippen LogP contribution in [-0.2, 0) is 9.53 Å². The number of ether oxygens (including phenoxy) is 1. The van der Waals surface area contributed by atoms with Crippen LogP contribution in [0.4, 0.5) is 0 Å². The molecule has 1 heterocycles. The second-order valence-corrected chi connectivity index (χ2v) is 5.43. The van der Waals surface area contributed by atoms with Crippen molar-refractivity contribution < 1.29 is 9.53 Å². The van der Waals surface area contributed by atoms with Crippen molar-refractivity contribution in [1.29, 1.82) is 0 Å². The largest absolute Gasteiger partial charge is 0.381 e. The van der Waals surface area contributed by atoms with Crippen LogP contribution in [0.15, 0.2) is 0 Å². The van der Waals surface area contributed by atoms with Gasteiger partial charge >= 0.3 is 0 Å². The predicted octanol–water partition coefficient (Wildman–Crippen LogP) is 0.198. The zero-order chi connectivity index (χ0) is 13.6. The molecule has 5 nitrogen and oxygen atoms in total. The highest BCUT2D eigenvalue weighted by Crippen LogP contribution is 2.29. The van der Waals surface area contributed by atoms with E-state index in [1.807, 2.05) is 0 Å².